The van der Waals surface area contributed by atoms with E-state index >= 15 is 0 Å². The molecule has 1 aromatic carbocycles. The first-order valence-electron chi connectivity index (χ1n) is 6.38. The standard InChI is InChI=1S/C14H21N3O/c1-11(18)12-3-5-13(6-4-12)17-8-7-16(2)14(9-15)10-17/h3-6,14H,7-10,15H2,1-2H3. The average molecular weight is 247 g/mol. The molecule has 0 amide bonds. The molecule has 2 N–H and O–H groups in total. The minimum atomic E-state index is 0.111. The molecule has 1 aliphatic rings. The Morgan fingerprint density at radius 1 is 1.33 bits per heavy atom. The summed E-state index contributed by atoms with van der Waals surface area (Å²) in [6.45, 7) is 5.25. The molecule has 0 radical (unpaired) electrons. The van der Waals surface area contributed by atoms with Crippen LogP contribution in [0.2, 0.25) is 0 Å². The van der Waals surface area contributed by atoms with Crippen LogP contribution >= 0.6 is 0 Å². The third-order valence-electron chi connectivity index (χ3n) is 3.69. The molecular formula is C14H21N3O. The minimum absolute atomic E-state index is 0.111. The Morgan fingerprint density at radius 3 is 2.56 bits per heavy atom. The quantitative estimate of drug-likeness (QED) is 0.809. The van der Waals surface area contributed by atoms with Crippen LogP contribution in [0.5, 0.6) is 0 Å². The van der Waals surface area contributed by atoms with Gasteiger partial charge < -0.3 is 10.6 Å². The number of rotatable bonds is 3. The number of anilines is 1. The predicted octanol–water partition coefficient (Wildman–Crippen LogP) is 0.968. The topological polar surface area (TPSA) is 49.6 Å². The molecule has 4 heteroatoms. The Morgan fingerprint density at radius 2 is 2.00 bits per heavy atom. The van der Waals surface area contributed by atoms with Gasteiger partial charge in [-0.05, 0) is 38.2 Å². The van der Waals surface area contributed by atoms with Crippen molar-refractivity contribution in [2.75, 3.05) is 38.1 Å². The molecule has 1 unspecified atom stereocenters. The van der Waals surface area contributed by atoms with Gasteiger partial charge in [-0.3, -0.25) is 9.69 Å². The number of piperazine rings is 1. The summed E-state index contributed by atoms with van der Waals surface area (Å²) in [5.74, 6) is 0.111. The van der Waals surface area contributed by atoms with Crippen LogP contribution in [0.4, 0.5) is 5.69 Å². The fourth-order valence-electron chi connectivity index (χ4n) is 2.34. The van der Waals surface area contributed by atoms with E-state index in [2.05, 4.69) is 16.8 Å². The number of carbonyl (C=O) groups is 1. The number of hydrogen-bond acceptors (Lipinski definition) is 4. The van der Waals surface area contributed by atoms with Gasteiger partial charge in [0.05, 0.1) is 0 Å². The Balaban J connectivity index is 2.09. The van der Waals surface area contributed by atoms with Crippen molar-refractivity contribution in [3.05, 3.63) is 29.8 Å². The molecule has 18 heavy (non-hydrogen) atoms. The molecule has 2 rings (SSSR count). The van der Waals surface area contributed by atoms with Crippen LogP contribution in [-0.4, -0.2) is 50.0 Å². The molecule has 1 aliphatic heterocycles. The van der Waals surface area contributed by atoms with Crippen molar-refractivity contribution < 1.29 is 4.79 Å². The second kappa shape index (κ2) is 5.50. The molecule has 4 nitrogen and oxygen atoms in total. The average Bonchev–Trinajstić information content (AvgIpc) is 2.39. The van der Waals surface area contributed by atoms with Crippen LogP contribution in [0.1, 0.15) is 17.3 Å². The fraction of sp³-hybridized carbons (Fsp3) is 0.500. The van der Waals surface area contributed by atoms with Gasteiger partial charge in [-0.1, -0.05) is 0 Å². The summed E-state index contributed by atoms with van der Waals surface area (Å²) in [5, 5.41) is 0. The second-order valence-corrected chi connectivity index (χ2v) is 4.92. The van der Waals surface area contributed by atoms with E-state index in [1.807, 2.05) is 24.3 Å². The Hall–Kier alpha value is -1.39. The summed E-state index contributed by atoms with van der Waals surface area (Å²) in [7, 11) is 2.12. The SMILES string of the molecule is CC(=O)c1ccc(N2CCN(C)C(CN)C2)cc1. The van der Waals surface area contributed by atoms with Crippen molar-refractivity contribution in [3.63, 3.8) is 0 Å². The highest BCUT2D eigenvalue weighted by Crippen LogP contribution is 2.19. The van der Waals surface area contributed by atoms with E-state index < -0.39 is 0 Å². The normalized spacial score (nSPS) is 21.1. The molecule has 0 aromatic heterocycles. The van der Waals surface area contributed by atoms with E-state index in [9.17, 15) is 4.79 Å². The number of hydrogen-bond donors (Lipinski definition) is 1. The molecule has 0 aliphatic carbocycles. The summed E-state index contributed by atoms with van der Waals surface area (Å²) < 4.78 is 0. The molecule has 1 heterocycles. The van der Waals surface area contributed by atoms with Crippen molar-refractivity contribution in [2.45, 2.75) is 13.0 Å². The third kappa shape index (κ3) is 2.71. The van der Waals surface area contributed by atoms with E-state index in [4.69, 9.17) is 5.73 Å². The molecule has 98 valence electrons. The highest BCUT2D eigenvalue weighted by molar-refractivity contribution is 5.94. The highest BCUT2D eigenvalue weighted by atomic mass is 16.1. The number of likely N-dealkylation sites (N-methyl/N-ethyl adjacent to an activating group) is 1. The maximum absolute atomic E-state index is 11.2. The number of nitrogens with zero attached hydrogens (tertiary/aromatic N) is 2. The smallest absolute Gasteiger partial charge is 0.159 e. The van der Waals surface area contributed by atoms with Crippen molar-refractivity contribution in [1.82, 2.24) is 4.90 Å². The molecule has 1 atom stereocenters. The summed E-state index contributed by atoms with van der Waals surface area (Å²) in [6, 6.07) is 8.25. The van der Waals surface area contributed by atoms with Gasteiger partial charge in [-0.25, -0.2) is 0 Å². The van der Waals surface area contributed by atoms with Crippen LogP contribution in [0.25, 0.3) is 0 Å². The van der Waals surface area contributed by atoms with E-state index in [1.165, 1.54) is 5.69 Å². The first-order chi connectivity index (χ1) is 8.61. The van der Waals surface area contributed by atoms with Gasteiger partial charge in [0.25, 0.3) is 0 Å². The van der Waals surface area contributed by atoms with Crippen LogP contribution in [0, 0.1) is 0 Å². The lowest BCUT2D eigenvalue weighted by Crippen LogP contribution is -2.54. The van der Waals surface area contributed by atoms with Crippen LogP contribution in [-0.2, 0) is 0 Å². The van der Waals surface area contributed by atoms with Crippen molar-refractivity contribution in [1.29, 1.82) is 0 Å². The lowest BCUT2D eigenvalue weighted by atomic mass is 10.1. The van der Waals surface area contributed by atoms with Crippen molar-refractivity contribution >= 4 is 11.5 Å². The van der Waals surface area contributed by atoms with Gasteiger partial charge in [0, 0.05) is 43.5 Å². The lowest BCUT2D eigenvalue weighted by molar-refractivity contribution is 0.101. The zero-order chi connectivity index (χ0) is 13.1. The van der Waals surface area contributed by atoms with Crippen molar-refractivity contribution in [3.8, 4) is 0 Å². The van der Waals surface area contributed by atoms with E-state index in [-0.39, 0.29) is 5.78 Å². The zero-order valence-corrected chi connectivity index (χ0v) is 11.1. The van der Waals surface area contributed by atoms with Crippen LogP contribution in [0.3, 0.4) is 0 Å². The summed E-state index contributed by atoms with van der Waals surface area (Å²) in [6.07, 6.45) is 0. The Bertz CT molecular complexity index is 416. The molecule has 0 saturated carbocycles. The largest absolute Gasteiger partial charge is 0.369 e. The van der Waals surface area contributed by atoms with Gasteiger partial charge in [0.2, 0.25) is 0 Å². The summed E-state index contributed by atoms with van der Waals surface area (Å²) in [5.41, 5.74) is 7.72. The van der Waals surface area contributed by atoms with Gasteiger partial charge in [0.1, 0.15) is 0 Å². The van der Waals surface area contributed by atoms with Gasteiger partial charge in [-0.15, -0.1) is 0 Å². The number of nitrogens with two attached hydrogens (primary N) is 1. The number of ketones is 1. The number of Topliss-reactive ketones (excluding diaryl/α,β-unsaturated/α-hetero) is 1. The molecule has 1 saturated heterocycles. The van der Waals surface area contributed by atoms with Crippen LogP contribution in [0.15, 0.2) is 24.3 Å². The Labute approximate surface area is 108 Å². The van der Waals surface area contributed by atoms with E-state index in [0.717, 1.165) is 25.2 Å². The molecule has 1 fully saturated rings. The van der Waals surface area contributed by atoms with Crippen molar-refractivity contribution in [2.24, 2.45) is 5.73 Å². The number of benzene rings is 1. The first kappa shape index (κ1) is 13.1. The summed E-state index contributed by atoms with van der Waals surface area (Å²) in [4.78, 5) is 15.9. The van der Waals surface area contributed by atoms with E-state index in [0.29, 0.717) is 12.6 Å². The lowest BCUT2D eigenvalue weighted by Gasteiger charge is -2.40. The fourth-order valence-corrected chi connectivity index (χ4v) is 2.34. The monoisotopic (exact) mass is 247 g/mol. The van der Waals surface area contributed by atoms with E-state index in [1.54, 1.807) is 6.92 Å². The predicted molar refractivity (Wildman–Crippen MR) is 74.1 cm³/mol. The Kier molecular flexibility index (Phi) is 3.99. The minimum Gasteiger partial charge on any atom is -0.369 e. The van der Waals surface area contributed by atoms with Crippen LogP contribution < -0.4 is 10.6 Å². The maximum Gasteiger partial charge on any atom is 0.159 e. The molecule has 0 bridgehead atoms. The zero-order valence-electron chi connectivity index (χ0n) is 11.1. The van der Waals surface area contributed by atoms with Gasteiger partial charge in [0.15, 0.2) is 5.78 Å². The highest BCUT2D eigenvalue weighted by Gasteiger charge is 2.23. The number of carbonyl (C=O) groups excluding carboxylic acids is 1. The molecule has 1 aromatic rings. The third-order valence-corrected chi connectivity index (χ3v) is 3.69. The second-order valence-electron chi connectivity index (χ2n) is 4.92. The van der Waals surface area contributed by atoms with Gasteiger partial charge >= 0.3 is 0 Å². The first-order valence-corrected chi connectivity index (χ1v) is 6.38. The van der Waals surface area contributed by atoms with Gasteiger partial charge in [-0.2, -0.15) is 0 Å². The summed E-state index contributed by atoms with van der Waals surface area (Å²) >= 11 is 0. The molecular weight excluding hydrogens is 226 g/mol. The molecule has 0 spiro atoms. The maximum atomic E-state index is 11.2.